The van der Waals surface area contributed by atoms with Crippen molar-refractivity contribution in [1.29, 1.82) is 0 Å². The molecule has 1 aliphatic rings. The molecular weight excluding hydrogens is 378 g/mol. The monoisotopic (exact) mass is 397 g/mol. The number of carbonyl (C=O) groups excluding carboxylic acids is 1. The van der Waals surface area contributed by atoms with Crippen molar-refractivity contribution in [2.45, 2.75) is 19.6 Å². The fourth-order valence-corrected chi connectivity index (χ4v) is 2.63. The number of aromatic nitrogens is 2. The Morgan fingerprint density at radius 3 is 2.79 bits per heavy atom. The lowest BCUT2D eigenvalue weighted by molar-refractivity contribution is 0.0880. The fourth-order valence-electron chi connectivity index (χ4n) is 2.63. The lowest BCUT2D eigenvalue weighted by atomic mass is 10.1. The van der Waals surface area contributed by atoms with Crippen molar-refractivity contribution < 1.29 is 28.6 Å². The number of nitrogens with one attached hydrogen (secondary N) is 1. The number of aliphatic hydroxyl groups is 1. The van der Waals surface area contributed by atoms with E-state index in [0.717, 1.165) is 5.56 Å². The second-order valence-corrected chi connectivity index (χ2v) is 6.48. The van der Waals surface area contributed by atoms with Crippen molar-refractivity contribution in [3.8, 4) is 28.6 Å². The number of benzene rings is 2. The smallest absolute Gasteiger partial charge is 0.316 e. The van der Waals surface area contributed by atoms with E-state index >= 15 is 0 Å². The Morgan fingerprint density at radius 1 is 1.21 bits per heavy atom. The van der Waals surface area contributed by atoms with Crippen LogP contribution in [0.25, 0.3) is 11.4 Å². The third kappa shape index (κ3) is 4.46. The summed E-state index contributed by atoms with van der Waals surface area (Å²) in [5.74, 6) is 1.68. The zero-order valence-corrected chi connectivity index (χ0v) is 15.6. The van der Waals surface area contributed by atoms with Crippen molar-refractivity contribution >= 4 is 5.91 Å². The molecule has 0 aliphatic carbocycles. The Bertz CT molecular complexity index is 1000. The summed E-state index contributed by atoms with van der Waals surface area (Å²) in [6.45, 7) is 2.27. The molecule has 2 heterocycles. The minimum absolute atomic E-state index is 0.106. The molecule has 2 N–H and O–H groups in total. The average molecular weight is 397 g/mol. The highest BCUT2D eigenvalue weighted by molar-refractivity contribution is 5.89. The fraction of sp³-hybridized carbons (Fsp3) is 0.250. The molecule has 9 nitrogen and oxygen atoms in total. The lowest BCUT2D eigenvalue weighted by Crippen LogP contribution is -2.30. The number of rotatable bonds is 7. The largest absolute Gasteiger partial charge is 0.489 e. The van der Waals surface area contributed by atoms with Crippen LogP contribution < -0.4 is 19.5 Å². The van der Waals surface area contributed by atoms with Gasteiger partial charge in [-0.3, -0.25) is 4.79 Å². The van der Waals surface area contributed by atoms with Gasteiger partial charge in [-0.05, 0) is 24.6 Å². The second-order valence-electron chi connectivity index (χ2n) is 6.48. The van der Waals surface area contributed by atoms with Gasteiger partial charge in [-0.15, -0.1) is 0 Å². The molecule has 9 heteroatoms. The summed E-state index contributed by atoms with van der Waals surface area (Å²) in [6.07, 6.45) is -0.659. The molecule has 3 aromatic rings. The third-order valence-electron chi connectivity index (χ3n) is 4.14. The predicted octanol–water partition coefficient (Wildman–Crippen LogP) is 2.15. The number of fused-ring (bicyclic) bond motifs is 1. The Labute approximate surface area is 166 Å². The van der Waals surface area contributed by atoms with Gasteiger partial charge in [-0.1, -0.05) is 29.4 Å². The van der Waals surface area contributed by atoms with Gasteiger partial charge in [0.15, 0.2) is 11.5 Å². The van der Waals surface area contributed by atoms with Crippen LogP contribution in [-0.2, 0) is 6.61 Å². The van der Waals surface area contributed by atoms with Crippen LogP contribution >= 0.6 is 0 Å². The second kappa shape index (κ2) is 8.19. The van der Waals surface area contributed by atoms with Gasteiger partial charge in [0.25, 0.3) is 0 Å². The van der Waals surface area contributed by atoms with Gasteiger partial charge >= 0.3 is 11.8 Å². The summed E-state index contributed by atoms with van der Waals surface area (Å²) in [4.78, 5) is 16.0. The van der Waals surface area contributed by atoms with Gasteiger partial charge in [0.1, 0.15) is 12.4 Å². The summed E-state index contributed by atoms with van der Waals surface area (Å²) in [5, 5.41) is 15.5. The normalized spacial score (nSPS) is 13.2. The Hall–Kier alpha value is -3.59. The van der Waals surface area contributed by atoms with Crippen LogP contribution in [0, 0.1) is 0 Å². The van der Waals surface area contributed by atoms with Gasteiger partial charge in [0.2, 0.25) is 12.6 Å². The number of nitrogens with zero attached hydrogens (tertiary/aromatic N) is 2. The van der Waals surface area contributed by atoms with Crippen LogP contribution in [0.4, 0.5) is 0 Å². The van der Waals surface area contributed by atoms with Crippen LogP contribution in [0.15, 0.2) is 47.0 Å². The standard InChI is InChI=1S/C20H19N3O6/c1-12(24)9-21-19(25)20-22-18(23-29-20)14-4-2-13(3-5-14)10-26-15-6-7-16-17(8-15)28-11-27-16/h2-8,12,24H,9-11H2,1H3,(H,21,25)/t12-/m1/s1. The SMILES string of the molecule is C[C@@H](O)CNC(=O)c1nc(-c2ccc(COc3ccc4c(c3)OCO4)cc2)no1. The van der Waals surface area contributed by atoms with Crippen LogP contribution in [0.2, 0.25) is 0 Å². The first kappa shape index (κ1) is 18.8. The van der Waals surface area contributed by atoms with Gasteiger partial charge in [-0.25, -0.2) is 0 Å². The molecular formula is C20H19N3O6. The number of carbonyl (C=O) groups is 1. The molecule has 29 heavy (non-hydrogen) atoms. The molecule has 0 unspecified atom stereocenters. The summed E-state index contributed by atoms with van der Waals surface area (Å²) in [6, 6.07) is 12.8. The maximum atomic E-state index is 11.9. The van der Waals surface area contributed by atoms with Crippen molar-refractivity contribution in [3.05, 3.63) is 53.9 Å². The van der Waals surface area contributed by atoms with Crippen LogP contribution in [0.1, 0.15) is 23.2 Å². The van der Waals surface area contributed by atoms with E-state index in [4.69, 9.17) is 18.7 Å². The van der Waals surface area contributed by atoms with Gasteiger partial charge in [0.05, 0.1) is 6.10 Å². The molecule has 0 spiro atoms. The number of ether oxygens (including phenoxy) is 3. The predicted molar refractivity (Wildman–Crippen MR) is 101 cm³/mol. The number of hydrogen-bond donors (Lipinski definition) is 2. The van der Waals surface area contributed by atoms with Crippen LogP contribution in [0.3, 0.4) is 0 Å². The van der Waals surface area contributed by atoms with E-state index in [1.54, 1.807) is 13.0 Å². The van der Waals surface area contributed by atoms with E-state index in [9.17, 15) is 9.90 Å². The summed E-state index contributed by atoms with van der Waals surface area (Å²) < 4.78 is 21.4. The van der Waals surface area contributed by atoms with Gasteiger partial charge < -0.3 is 29.2 Å². The van der Waals surface area contributed by atoms with Crippen molar-refractivity contribution in [2.75, 3.05) is 13.3 Å². The highest BCUT2D eigenvalue weighted by Gasteiger charge is 2.17. The summed E-state index contributed by atoms with van der Waals surface area (Å²) >= 11 is 0. The zero-order valence-electron chi connectivity index (χ0n) is 15.6. The first-order chi connectivity index (χ1) is 14.1. The molecule has 4 rings (SSSR count). The van der Waals surface area contributed by atoms with E-state index in [-0.39, 0.29) is 19.2 Å². The molecule has 0 fully saturated rings. The summed E-state index contributed by atoms with van der Waals surface area (Å²) in [5.41, 5.74) is 1.65. The lowest BCUT2D eigenvalue weighted by Gasteiger charge is -2.07. The molecule has 1 aromatic heterocycles. The third-order valence-corrected chi connectivity index (χ3v) is 4.14. The average Bonchev–Trinajstić information content (AvgIpc) is 3.40. The first-order valence-electron chi connectivity index (χ1n) is 9.00. The van der Waals surface area contributed by atoms with E-state index in [1.165, 1.54) is 0 Å². The number of aliphatic hydroxyl groups excluding tert-OH is 1. The van der Waals surface area contributed by atoms with E-state index in [0.29, 0.717) is 35.2 Å². The topological polar surface area (TPSA) is 116 Å². The summed E-state index contributed by atoms with van der Waals surface area (Å²) in [7, 11) is 0. The number of amides is 1. The van der Waals surface area contributed by atoms with Crippen LogP contribution in [0.5, 0.6) is 17.2 Å². The molecule has 1 amide bonds. The quantitative estimate of drug-likeness (QED) is 0.623. The molecule has 1 atom stereocenters. The van der Waals surface area contributed by atoms with Crippen LogP contribution in [-0.4, -0.2) is 40.6 Å². The van der Waals surface area contributed by atoms with E-state index in [2.05, 4.69) is 15.5 Å². The molecule has 0 radical (unpaired) electrons. The molecule has 2 aromatic carbocycles. The van der Waals surface area contributed by atoms with Crippen molar-refractivity contribution in [3.63, 3.8) is 0 Å². The zero-order chi connectivity index (χ0) is 20.2. The Kier molecular flexibility index (Phi) is 5.30. The van der Waals surface area contributed by atoms with Crippen molar-refractivity contribution in [2.24, 2.45) is 0 Å². The van der Waals surface area contributed by atoms with E-state index < -0.39 is 12.0 Å². The maximum absolute atomic E-state index is 11.9. The Balaban J connectivity index is 1.36. The maximum Gasteiger partial charge on any atom is 0.316 e. The molecule has 1 aliphatic heterocycles. The minimum atomic E-state index is -0.659. The Morgan fingerprint density at radius 2 is 2.00 bits per heavy atom. The highest BCUT2D eigenvalue weighted by atomic mass is 16.7. The van der Waals surface area contributed by atoms with Crippen molar-refractivity contribution in [1.82, 2.24) is 15.5 Å². The van der Waals surface area contributed by atoms with E-state index in [1.807, 2.05) is 36.4 Å². The highest BCUT2D eigenvalue weighted by Crippen LogP contribution is 2.35. The molecule has 0 saturated heterocycles. The van der Waals surface area contributed by atoms with Gasteiger partial charge in [-0.2, -0.15) is 4.98 Å². The molecule has 0 saturated carbocycles. The molecule has 150 valence electrons. The molecule has 0 bridgehead atoms. The first-order valence-corrected chi connectivity index (χ1v) is 9.00. The number of hydrogen-bond acceptors (Lipinski definition) is 8. The van der Waals surface area contributed by atoms with Gasteiger partial charge in [0, 0.05) is 18.2 Å². The minimum Gasteiger partial charge on any atom is -0.489 e.